The van der Waals surface area contributed by atoms with Crippen molar-refractivity contribution in [2.24, 2.45) is 11.7 Å². The molecule has 2 heterocycles. The Bertz CT molecular complexity index is 927. The largest absolute Gasteiger partial charge is 0.367 e. The van der Waals surface area contributed by atoms with Crippen molar-refractivity contribution in [2.45, 2.75) is 69.2 Å². The Morgan fingerprint density at radius 1 is 1.16 bits per heavy atom. The third-order valence-corrected chi connectivity index (χ3v) is 9.32. The van der Waals surface area contributed by atoms with Crippen LogP contribution < -0.4 is 5.73 Å². The Hall–Kier alpha value is -1.56. The summed E-state index contributed by atoms with van der Waals surface area (Å²) in [5.74, 6) is -0.999. The standard InChI is InChI=1S/C20H32N4O5S2/c1-13(2)23-9-11-24(12-10-23)17(25)16-5-7-20(8-6-16,19(21)26)29-31(27,28)18-14(3)22-15(4)30-18/h13,16H,5-12H2,1-4H3,(H2,21,26). The van der Waals surface area contributed by atoms with Gasteiger partial charge in [0.2, 0.25) is 5.91 Å². The molecule has 31 heavy (non-hydrogen) atoms. The fourth-order valence-electron chi connectivity index (χ4n) is 4.41. The maximum atomic E-state index is 13.0. The Morgan fingerprint density at radius 2 is 1.74 bits per heavy atom. The van der Waals surface area contributed by atoms with E-state index in [9.17, 15) is 18.0 Å². The summed E-state index contributed by atoms with van der Waals surface area (Å²) in [7, 11) is -4.19. The Morgan fingerprint density at radius 3 is 2.19 bits per heavy atom. The molecule has 0 bridgehead atoms. The van der Waals surface area contributed by atoms with Crippen LogP contribution in [0.25, 0.3) is 0 Å². The van der Waals surface area contributed by atoms with Gasteiger partial charge in [-0.2, -0.15) is 8.42 Å². The van der Waals surface area contributed by atoms with E-state index in [0.29, 0.717) is 42.7 Å². The lowest BCUT2D eigenvalue weighted by Crippen LogP contribution is -2.54. The highest BCUT2D eigenvalue weighted by atomic mass is 32.3. The van der Waals surface area contributed by atoms with Crippen LogP contribution in [-0.4, -0.2) is 72.8 Å². The van der Waals surface area contributed by atoms with Gasteiger partial charge in [-0.3, -0.25) is 14.5 Å². The van der Waals surface area contributed by atoms with Crippen LogP contribution in [0.2, 0.25) is 0 Å². The van der Waals surface area contributed by atoms with Gasteiger partial charge in [0, 0.05) is 38.1 Å². The second-order valence-corrected chi connectivity index (χ2v) is 11.7. The highest BCUT2D eigenvalue weighted by molar-refractivity contribution is 7.89. The third-order valence-electron chi connectivity index (χ3n) is 6.31. The molecular formula is C20H32N4O5S2. The summed E-state index contributed by atoms with van der Waals surface area (Å²) in [5, 5.41) is 0.597. The lowest BCUT2D eigenvalue weighted by atomic mass is 9.78. The predicted molar refractivity (Wildman–Crippen MR) is 117 cm³/mol. The van der Waals surface area contributed by atoms with Crippen LogP contribution in [0.5, 0.6) is 0 Å². The number of carbonyl (C=O) groups excluding carboxylic acids is 2. The van der Waals surface area contributed by atoms with Gasteiger partial charge in [-0.15, -0.1) is 11.3 Å². The minimum Gasteiger partial charge on any atom is -0.367 e. The van der Waals surface area contributed by atoms with E-state index in [2.05, 4.69) is 23.7 Å². The fourth-order valence-corrected chi connectivity index (χ4v) is 7.08. The van der Waals surface area contributed by atoms with Gasteiger partial charge in [0.25, 0.3) is 5.91 Å². The average Bonchev–Trinajstić information content (AvgIpc) is 3.06. The van der Waals surface area contributed by atoms with Gasteiger partial charge in [-0.25, -0.2) is 9.17 Å². The summed E-state index contributed by atoms with van der Waals surface area (Å²) in [5.41, 5.74) is 4.31. The zero-order chi connectivity index (χ0) is 23.0. The van der Waals surface area contributed by atoms with Crippen LogP contribution in [-0.2, 0) is 23.9 Å². The van der Waals surface area contributed by atoms with Gasteiger partial charge < -0.3 is 10.6 Å². The molecule has 11 heteroatoms. The van der Waals surface area contributed by atoms with Crippen molar-refractivity contribution in [1.82, 2.24) is 14.8 Å². The summed E-state index contributed by atoms with van der Waals surface area (Å²) in [4.78, 5) is 33.6. The first kappa shape index (κ1) is 24.1. The van der Waals surface area contributed by atoms with Gasteiger partial charge in [-0.05, 0) is 53.4 Å². The van der Waals surface area contributed by atoms with Crippen LogP contribution in [0, 0.1) is 19.8 Å². The molecule has 1 saturated heterocycles. The normalized spacial score (nSPS) is 25.7. The number of rotatable bonds is 6. The molecule has 0 spiro atoms. The minimum atomic E-state index is -4.19. The molecule has 1 aliphatic carbocycles. The third kappa shape index (κ3) is 5.10. The van der Waals surface area contributed by atoms with Crippen molar-refractivity contribution in [1.29, 1.82) is 0 Å². The van der Waals surface area contributed by atoms with Crippen molar-refractivity contribution in [3.05, 3.63) is 10.7 Å². The first-order valence-corrected chi connectivity index (χ1v) is 12.9. The fraction of sp³-hybridized carbons (Fsp3) is 0.750. The van der Waals surface area contributed by atoms with Gasteiger partial charge in [0.1, 0.15) is 0 Å². The molecule has 1 aromatic rings. The van der Waals surface area contributed by atoms with Crippen molar-refractivity contribution >= 4 is 33.3 Å². The summed E-state index contributed by atoms with van der Waals surface area (Å²) < 4.78 is 31.2. The zero-order valence-corrected chi connectivity index (χ0v) is 20.2. The number of hydrogen-bond donors (Lipinski definition) is 1. The first-order valence-electron chi connectivity index (χ1n) is 10.7. The number of nitrogens with zero attached hydrogens (tertiary/aromatic N) is 3. The molecule has 0 atom stereocenters. The smallest absolute Gasteiger partial charge is 0.309 e. The number of piperazine rings is 1. The number of aromatic nitrogens is 1. The predicted octanol–water partition coefficient (Wildman–Crippen LogP) is 1.43. The van der Waals surface area contributed by atoms with Crippen LogP contribution in [0.3, 0.4) is 0 Å². The Balaban J connectivity index is 1.66. The van der Waals surface area contributed by atoms with E-state index in [-0.39, 0.29) is 28.9 Å². The number of amides is 2. The molecule has 9 nitrogen and oxygen atoms in total. The number of nitrogens with two attached hydrogens (primary N) is 1. The van der Waals surface area contributed by atoms with Crippen molar-refractivity contribution in [2.75, 3.05) is 26.2 Å². The molecule has 0 aromatic carbocycles. The van der Waals surface area contributed by atoms with E-state index < -0.39 is 21.6 Å². The van der Waals surface area contributed by atoms with Crippen LogP contribution in [0.4, 0.5) is 0 Å². The van der Waals surface area contributed by atoms with Crippen molar-refractivity contribution in [3.8, 4) is 0 Å². The minimum absolute atomic E-state index is 0.00755. The molecule has 174 valence electrons. The van der Waals surface area contributed by atoms with E-state index in [4.69, 9.17) is 9.92 Å². The van der Waals surface area contributed by atoms with Crippen LogP contribution in [0.15, 0.2) is 4.21 Å². The number of aryl methyl sites for hydroxylation is 2. The second-order valence-electron chi connectivity index (χ2n) is 8.73. The average molecular weight is 473 g/mol. The molecule has 1 aliphatic heterocycles. The number of carbonyl (C=O) groups is 2. The summed E-state index contributed by atoms with van der Waals surface area (Å²) >= 11 is 1.01. The Kier molecular flexibility index (Phi) is 7.09. The highest BCUT2D eigenvalue weighted by Gasteiger charge is 2.48. The first-order chi connectivity index (χ1) is 14.4. The van der Waals surface area contributed by atoms with E-state index in [1.54, 1.807) is 13.8 Å². The lowest BCUT2D eigenvalue weighted by Gasteiger charge is -2.41. The van der Waals surface area contributed by atoms with Crippen LogP contribution in [0.1, 0.15) is 50.2 Å². The van der Waals surface area contributed by atoms with Crippen molar-refractivity contribution in [3.63, 3.8) is 0 Å². The zero-order valence-electron chi connectivity index (χ0n) is 18.6. The molecule has 2 amide bonds. The number of primary amides is 1. The van der Waals surface area contributed by atoms with Crippen LogP contribution >= 0.6 is 11.3 Å². The van der Waals surface area contributed by atoms with E-state index >= 15 is 0 Å². The molecule has 1 saturated carbocycles. The van der Waals surface area contributed by atoms with E-state index in [0.717, 1.165) is 24.4 Å². The lowest BCUT2D eigenvalue weighted by molar-refractivity contribution is -0.145. The summed E-state index contributed by atoms with van der Waals surface area (Å²) in [6.07, 6.45) is 0.923. The second kappa shape index (κ2) is 9.13. The maximum absolute atomic E-state index is 13.0. The number of thiazole rings is 1. The molecule has 3 rings (SSSR count). The maximum Gasteiger partial charge on any atom is 0.309 e. The van der Waals surface area contributed by atoms with Gasteiger partial charge >= 0.3 is 10.1 Å². The Labute approximate surface area is 188 Å². The summed E-state index contributed by atoms with van der Waals surface area (Å²) in [6, 6.07) is 0.452. The molecule has 0 radical (unpaired) electrons. The van der Waals surface area contributed by atoms with Gasteiger partial charge in [0.05, 0.1) is 10.7 Å². The topological polar surface area (TPSA) is 123 Å². The SMILES string of the molecule is Cc1nc(C)c(S(=O)(=O)OC2(C(N)=O)CCC(C(=O)N3CCN(C(C)C)CC3)CC2)s1. The van der Waals surface area contributed by atoms with E-state index in [1.807, 2.05) is 4.90 Å². The quantitative estimate of drug-likeness (QED) is 0.621. The van der Waals surface area contributed by atoms with Gasteiger partial charge in [0.15, 0.2) is 9.81 Å². The molecule has 1 aromatic heterocycles. The number of hydrogen-bond acceptors (Lipinski definition) is 8. The molecular weight excluding hydrogens is 440 g/mol. The summed E-state index contributed by atoms with van der Waals surface area (Å²) in [6.45, 7) is 10.6. The molecule has 2 N–H and O–H groups in total. The molecule has 2 aliphatic rings. The van der Waals surface area contributed by atoms with E-state index in [1.165, 1.54) is 0 Å². The molecule has 0 unspecified atom stereocenters. The highest BCUT2D eigenvalue weighted by Crippen LogP contribution is 2.39. The van der Waals surface area contributed by atoms with Crippen molar-refractivity contribution < 1.29 is 22.2 Å². The molecule has 2 fully saturated rings. The monoisotopic (exact) mass is 472 g/mol. The van der Waals surface area contributed by atoms with Gasteiger partial charge in [-0.1, -0.05) is 0 Å².